The van der Waals surface area contributed by atoms with E-state index in [4.69, 9.17) is 4.74 Å². The number of ether oxygens (including phenoxy) is 1. The zero-order chi connectivity index (χ0) is 21.4. The Labute approximate surface area is 201 Å². The first-order chi connectivity index (χ1) is 14.5. The number of hydrogen-bond acceptors (Lipinski definition) is 6. The van der Waals surface area contributed by atoms with Crippen molar-refractivity contribution in [2.24, 2.45) is 4.99 Å². The van der Waals surface area contributed by atoms with E-state index in [1.807, 2.05) is 12.1 Å². The van der Waals surface area contributed by atoms with E-state index >= 15 is 0 Å². The Morgan fingerprint density at radius 1 is 1.13 bits per heavy atom. The zero-order valence-electron chi connectivity index (χ0n) is 17.9. The summed E-state index contributed by atoms with van der Waals surface area (Å²) < 4.78 is 41.9. The van der Waals surface area contributed by atoms with Crippen molar-refractivity contribution in [3.63, 3.8) is 0 Å². The third kappa shape index (κ3) is 8.44. The molecule has 0 amide bonds. The minimum atomic E-state index is -2.85. The fourth-order valence-corrected chi connectivity index (χ4v) is 5.03. The van der Waals surface area contributed by atoms with Gasteiger partial charge in [-0.3, -0.25) is 14.8 Å². The predicted octanol–water partition coefficient (Wildman–Crippen LogP) is 0.712. The van der Waals surface area contributed by atoms with Crippen molar-refractivity contribution in [2.45, 2.75) is 6.04 Å². The average Bonchev–Trinajstić information content (AvgIpc) is 2.75. The molecule has 2 aliphatic heterocycles. The second-order valence-electron chi connectivity index (χ2n) is 7.59. The molecule has 8 nitrogen and oxygen atoms in total. The topological polar surface area (TPSA) is 86.3 Å². The Hall–Kier alpha value is -1.02. The van der Waals surface area contributed by atoms with Crippen molar-refractivity contribution in [3.05, 3.63) is 35.6 Å². The van der Waals surface area contributed by atoms with E-state index in [9.17, 15) is 12.8 Å². The Morgan fingerprint density at radius 2 is 1.77 bits per heavy atom. The van der Waals surface area contributed by atoms with E-state index in [1.54, 1.807) is 7.05 Å². The van der Waals surface area contributed by atoms with Crippen molar-refractivity contribution >= 4 is 39.8 Å². The smallest absolute Gasteiger partial charge is 0.191 e. The Morgan fingerprint density at radius 3 is 2.39 bits per heavy atom. The van der Waals surface area contributed by atoms with Gasteiger partial charge in [0, 0.05) is 52.9 Å². The molecule has 0 radical (unpaired) electrons. The van der Waals surface area contributed by atoms with Crippen LogP contribution < -0.4 is 10.6 Å². The zero-order valence-corrected chi connectivity index (χ0v) is 21.1. The fourth-order valence-electron chi connectivity index (χ4n) is 3.75. The van der Waals surface area contributed by atoms with Crippen LogP contribution in [0.15, 0.2) is 29.3 Å². The highest BCUT2D eigenvalue weighted by Crippen LogP contribution is 2.21. The van der Waals surface area contributed by atoms with Gasteiger partial charge in [-0.1, -0.05) is 12.1 Å². The van der Waals surface area contributed by atoms with Crippen molar-refractivity contribution in [3.8, 4) is 0 Å². The quantitative estimate of drug-likeness (QED) is 0.284. The molecule has 0 aliphatic carbocycles. The van der Waals surface area contributed by atoms with Gasteiger partial charge in [0.25, 0.3) is 0 Å². The van der Waals surface area contributed by atoms with Crippen LogP contribution in [0.1, 0.15) is 11.6 Å². The Kier molecular flexibility index (Phi) is 10.9. The molecular formula is C20H33FIN5O3S. The number of aliphatic imine (C=N–C) groups is 1. The minimum absolute atomic E-state index is 0. The van der Waals surface area contributed by atoms with Gasteiger partial charge in [0.05, 0.1) is 30.8 Å². The molecule has 1 aromatic rings. The maximum Gasteiger partial charge on any atom is 0.191 e. The molecule has 2 saturated heterocycles. The number of guanidine groups is 1. The highest BCUT2D eigenvalue weighted by molar-refractivity contribution is 14.0. The molecule has 3 rings (SSSR count). The second kappa shape index (κ2) is 12.9. The predicted molar refractivity (Wildman–Crippen MR) is 131 cm³/mol. The van der Waals surface area contributed by atoms with Gasteiger partial charge in [0.1, 0.15) is 5.82 Å². The number of nitrogens with zero attached hydrogens (tertiary/aromatic N) is 3. The van der Waals surface area contributed by atoms with Gasteiger partial charge >= 0.3 is 0 Å². The van der Waals surface area contributed by atoms with Crippen LogP contribution in [0, 0.1) is 5.82 Å². The minimum Gasteiger partial charge on any atom is -0.379 e. The molecule has 176 valence electrons. The Bertz CT molecular complexity index is 790. The third-order valence-electron chi connectivity index (χ3n) is 5.59. The van der Waals surface area contributed by atoms with Crippen LogP contribution in [0.25, 0.3) is 0 Å². The lowest BCUT2D eigenvalue weighted by Crippen LogP contribution is -2.48. The Balaban J connectivity index is 0.00000341. The van der Waals surface area contributed by atoms with Gasteiger partial charge in [-0.15, -0.1) is 24.0 Å². The number of sulfone groups is 1. The van der Waals surface area contributed by atoms with Gasteiger partial charge in [0.15, 0.2) is 15.8 Å². The van der Waals surface area contributed by atoms with E-state index in [0.717, 1.165) is 25.2 Å². The lowest BCUT2D eigenvalue weighted by atomic mass is 10.0. The van der Waals surface area contributed by atoms with Crippen LogP contribution in [0.3, 0.4) is 0 Å². The van der Waals surface area contributed by atoms with Gasteiger partial charge in [-0.25, -0.2) is 12.8 Å². The van der Waals surface area contributed by atoms with Gasteiger partial charge < -0.3 is 15.4 Å². The fraction of sp³-hybridized carbons (Fsp3) is 0.650. The van der Waals surface area contributed by atoms with E-state index in [-0.39, 0.29) is 47.3 Å². The number of nitrogens with one attached hydrogen (secondary N) is 2. The molecule has 0 aromatic heterocycles. The highest BCUT2D eigenvalue weighted by Gasteiger charge is 2.23. The summed E-state index contributed by atoms with van der Waals surface area (Å²) in [5.74, 6) is 0.924. The number of halogens is 2. The van der Waals surface area contributed by atoms with Gasteiger partial charge in [0.2, 0.25) is 0 Å². The first-order valence-electron chi connectivity index (χ1n) is 10.4. The van der Waals surface area contributed by atoms with E-state index in [2.05, 4.69) is 25.4 Å². The summed E-state index contributed by atoms with van der Waals surface area (Å²) in [4.78, 5) is 8.78. The monoisotopic (exact) mass is 569 g/mol. The normalized spacial score (nSPS) is 21.2. The van der Waals surface area contributed by atoms with E-state index < -0.39 is 9.84 Å². The number of rotatable bonds is 7. The largest absolute Gasteiger partial charge is 0.379 e. The maximum absolute atomic E-state index is 13.4. The summed E-state index contributed by atoms with van der Waals surface area (Å²) in [5, 5.41) is 6.68. The van der Waals surface area contributed by atoms with Crippen molar-refractivity contribution in [1.82, 2.24) is 20.4 Å². The lowest BCUT2D eigenvalue weighted by Gasteiger charge is -2.35. The van der Waals surface area contributed by atoms with E-state index in [0.29, 0.717) is 45.4 Å². The van der Waals surface area contributed by atoms with Crippen LogP contribution in [0.2, 0.25) is 0 Å². The molecule has 2 N–H and O–H groups in total. The molecule has 2 heterocycles. The van der Waals surface area contributed by atoms with Gasteiger partial charge in [-0.05, 0) is 17.7 Å². The second-order valence-corrected chi connectivity index (χ2v) is 9.89. The maximum atomic E-state index is 13.4. The summed E-state index contributed by atoms with van der Waals surface area (Å²) in [5.41, 5.74) is 1.05. The average molecular weight is 569 g/mol. The molecule has 1 atom stereocenters. The van der Waals surface area contributed by atoms with Crippen LogP contribution in [-0.4, -0.2) is 102 Å². The molecule has 2 aliphatic rings. The molecule has 2 fully saturated rings. The number of benzene rings is 1. The lowest BCUT2D eigenvalue weighted by molar-refractivity contribution is 0.0170. The molecule has 31 heavy (non-hydrogen) atoms. The third-order valence-corrected chi connectivity index (χ3v) is 7.19. The number of hydrogen-bond donors (Lipinski definition) is 2. The number of morpholine rings is 1. The molecule has 0 bridgehead atoms. The summed E-state index contributed by atoms with van der Waals surface area (Å²) in [6.45, 7) is 6.28. The molecule has 11 heteroatoms. The molecule has 1 unspecified atom stereocenters. The van der Waals surface area contributed by atoms with Crippen molar-refractivity contribution in [1.29, 1.82) is 0 Å². The summed E-state index contributed by atoms with van der Waals surface area (Å²) in [7, 11) is -1.13. The van der Waals surface area contributed by atoms with Gasteiger partial charge in [-0.2, -0.15) is 0 Å². The molecular weight excluding hydrogens is 536 g/mol. The molecule has 1 aromatic carbocycles. The summed E-state index contributed by atoms with van der Waals surface area (Å²) in [6, 6.07) is 6.74. The van der Waals surface area contributed by atoms with Crippen LogP contribution in [-0.2, 0) is 14.6 Å². The summed E-state index contributed by atoms with van der Waals surface area (Å²) >= 11 is 0. The SMILES string of the molecule is CN=C(NCCN1CCS(=O)(=O)CC1)NCC(c1ccc(F)cc1)N1CCOCC1.I. The van der Waals surface area contributed by atoms with Crippen molar-refractivity contribution in [2.75, 3.05) is 77.6 Å². The first kappa shape index (κ1) is 26.2. The van der Waals surface area contributed by atoms with Crippen LogP contribution in [0.5, 0.6) is 0 Å². The van der Waals surface area contributed by atoms with Crippen LogP contribution in [0.4, 0.5) is 4.39 Å². The summed E-state index contributed by atoms with van der Waals surface area (Å²) in [6.07, 6.45) is 0. The standard InChI is InChI=1S/C20H32FN5O3S.HI/c1-22-20(23-6-7-25-10-14-30(27,28)15-11-25)24-16-19(26-8-12-29-13-9-26)17-2-4-18(21)5-3-17;/h2-5,19H,6-16H2,1H3,(H2,22,23,24);1H. The van der Waals surface area contributed by atoms with Crippen LogP contribution >= 0.6 is 24.0 Å². The first-order valence-corrected chi connectivity index (χ1v) is 12.2. The highest BCUT2D eigenvalue weighted by atomic mass is 127. The van der Waals surface area contributed by atoms with E-state index in [1.165, 1.54) is 12.1 Å². The molecule has 0 spiro atoms. The molecule has 0 saturated carbocycles. The van der Waals surface area contributed by atoms with Crippen molar-refractivity contribution < 1.29 is 17.5 Å².